The molecule has 4 rings (SSSR count). The summed E-state index contributed by atoms with van der Waals surface area (Å²) < 4.78 is 1.70. The molecule has 3 aromatic heterocycles. The summed E-state index contributed by atoms with van der Waals surface area (Å²) in [7, 11) is 0. The predicted octanol–water partition coefficient (Wildman–Crippen LogP) is 2.39. The summed E-state index contributed by atoms with van der Waals surface area (Å²) in [5.41, 5.74) is 1.40. The van der Waals surface area contributed by atoms with Crippen LogP contribution in [-0.2, 0) is 4.79 Å². The largest absolute Gasteiger partial charge is 0.336 e. The molecule has 26 heavy (non-hydrogen) atoms. The summed E-state index contributed by atoms with van der Waals surface area (Å²) in [6.07, 6.45) is 6.87. The van der Waals surface area contributed by atoms with Crippen molar-refractivity contribution >= 4 is 34.7 Å². The smallest absolute Gasteiger partial charge is 0.257 e. The molecule has 1 saturated heterocycles. The van der Waals surface area contributed by atoms with Gasteiger partial charge in [0.15, 0.2) is 0 Å². The lowest BCUT2D eigenvalue weighted by molar-refractivity contribution is -0.127. The van der Waals surface area contributed by atoms with Crippen molar-refractivity contribution in [2.75, 3.05) is 26.2 Å². The number of fused-ring (bicyclic) bond motifs is 1. The number of amides is 2. The minimum atomic E-state index is -0.0348. The van der Waals surface area contributed by atoms with Crippen molar-refractivity contribution < 1.29 is 9.59 Å². The number of hydrogen-bond donors (Lipinski definition) is 0. The summed E-state index contributed by atoms with van der Waals surface area (Å²) in [6.45, 7) is 2.14. The van der Waals surface area contributed by atoms with Gasteiger partial charge in [-0.05, 0) is 29.7 Å². The highest BCUT2D eigenvalue weighted by molar-refractivity contribution is 7.10. The Kier molecular flexibility index (Phi) is 4.53. The summed E-state index contributed by atoms with van der Waals surface area (Å²) in [4.78, 5) is 29.7. The van der Waals surface area contributed by atoms with Gasteiger partial charge in [-0.1, -0.05) is 12.1 Å². The molecule has 0 unspecified atom stereocenters. The predicted molar refractivity (Wildman–Crippen MR) is 101 cm³/mol. The normalized spacial score (nSPS) is 15.1. The number of thiophene rings is 1. The van der Waals surface area contributed by atoms with Gasteiger partial charge in [0, 0.05) is 43.3 Å². The first-order chi connectivity index (χ1) is 12.7. The van der Waals surface area contributed by atoms with Crippen LogP contribution < -0.4 is 0 Å². The second-order valence-corrected chi connectivity index (χ2v) is 7.03. The number of rotatable bonds is 3. The van der Waals surface area contributed by atoms with Crippen LogP contribution in [0.2, 0.25) is 0 Å². The maximum Gasteiger partial charge on any atom is 0.257 e. The Balaban J connectivity index is 1.38. The van der Waals surface area contributed by atoms with E-state index in [1.807, 2.05) is 48.0 Å². The highest BCUT2D eigenvalue weighted by atomic mass is 32.1. The summed E-state index contributed by atoms with van der Waals surface area (Å²) in [5.74, 6) is -0.0473. The molecule has 0 spiro atoms. The van der Waals surface area contributed by atoms with Crippen molar-refractivity contribution in [1.29, 1.82) is 0 Å². The van der Waals surface area contributed by atoms with E-state index in [9.17, 15) is 9.59 Å². The Morgan fingerprint density at radius 1 is 1.04 bits per heavy atom. The molecular weight excluding hydrogens is 348 g/mol. The van der Waals surface area contributed by atoms with E-state index in [0.29, 0.717) is 31.7 Å². The van der Waals surface area contributed by atoms with Crippen LogP contribution in [0.4, 0.5) is 0 Å². The zero-order valence-corrected chi connectivity index (χ0v) is 14.9. The topological polar surface area (TPSA) is 57.9 Å². The standard InChI is InChI=1S/C19H18N4O2S/c24-18(7-6-15-4-3-13-26-15)21-9-11-22(12-10-21)19(25)16-14-20-23-8-2-1-5-17(16)23/h1-8,13-14H,9-12H2. The molecule has 1 aliphatic heterocycles. The lowest BCUT2D eigenvalue weighted by atomic mass is 10.2. The Labute approximate surface area is 155 Å². The second kappa shape index (κ2) is 7.13. The molecule has 0 atom stereocenters. The van der Waals surface area contributed by atoms with E-state index in [1.165, 1.54) is 0 Å². The molecular formula is C19H18N4O2S. The van der Waals surface area contributed by atoms with Gasteiger partial charge in [-0.25, -0.2) is 4.52 Å². The van der Waals surface area contributed by atoms with Gasteiger partial charge in [-0.15, -0.1) is 11.3 Å². The molecule has 2 amide bonds. The van der Waals surface area contributed by atoms with E-state index < -0.39 is 0 Å². The van der Waals surface area contributed by atoms with Crippen molar-refractivity contribution in [3.63, 3.8) is 0 Å². The fraction of sp³-hybridized carbons (Fsp3) is 0.211. The van der Waals surface area contributed by atoms with Crippen LogP contribution in [0.5, 0.6) is 0 Å². The summed E-state index contributed by atoms with van der Waals surface area (Å²) in [6, 6.07) is 9.59. The van der Waals surface area contributed by atoms with E-state index >= 15 is 0 Å². The fourth-order valence-electron chi connectivity index (χ4n) is 3.04. The van der Waals surface area contributed by atoms with Crippen LogP contribution in [0.25, 0.3) is 11.6 Å². The Morgan fingerprint density at radius 2 is 1.85 bits per heavy atom. The number of aromatic nitrogens is 2. The monoisotopic (exact) mass is 366 g/mol. The number of piperazine rings is 1. The van der Waals surface area contributed by atoms with Crippen LogP contribution in [0, 0.1) is 0 Å². The third-order valence-corrected chi connectivity index (χ3v) is 5.31. The maximum absolute atomic E-state index is 12.8. The number of hydrogen-bond acceptors (Lipinski definition) is 4. The zero-order valence-electron chi connectivity index (χ0n) is 14.1. The number of nitrogens with zero attached hydrogens (tertiary/aromatic N) is 4. The van der Waals surface area contributed by atoms with Gasteiger partial charge in [0.05, 0.1) is 17.3 Å². The van der Waals surface area contributed by atoms with Crippen molar-refractivity contribution in [2.24, 2.45) is 0 Å². The molecule has 0 N–H and O–H groups in total. The van der Waals surface area contributed by atoms with Crippen molar-refractivity contribution in [1.82, 2.24) is 19.4 Å². The van der Waals surface area contributed by atoms with Gasteiger partial charge in [0.2, 0.25) is 5.91 Å². The summed E-state index contributed by atoms with van der Waals surface area (Å²) >= 11 is 1.60. The molecule has 1 aliphatic rings. The van der Waals surface area contributed by atoms with Crippen LogP contribution in [0.1, 0.15) is 15.2 Å². The van der Waals surface area contributed by atoms with Crippen molar-refractivity contribution in [3.8, 4) is 0 Å². The highest BCUT2D eigenvalue weighted by Gasteiger charge is 2.25. The number of carbonyl (C=O) groups excluding carboxylic acids is 2. The molecule has 7 heteroatoms. The number of carbonyl (C=O) groups is 2. The second-order valence-electron chi connectivity index (χ2n) is 6.05. The van der Waals surface area contributed by atoms with Crippen LogP contribution in [-0.4, -0.2) is 57.4 Å². The van der Waals surface area contributed by atoms with Crippen LogP contribution in [0.15, 0.2) is 54.2 Å². The van der Waals surface area contributed by atoms with Gasteiger partial charge in [0.25, 0.3) is 5.91 Å². The minimum Gasteiger partial charge on any atom is -0.336 e. The van der Waals surface area contributed by atoms with Gasteiger partial charge in [0.1, 0.15) is 0 Å². The molecule has 0 radical (unpaired) electrons. The molecule has 0 aromatic carbocycles. The van der Waals surface area contributed by atoms with Gasteiger partial charge >= 0.3 is 0 Å². The first-order valence-electron chi connectivity index (χ1n) is 8.44. The molecule has 0 bridgehead atoms. The van der Waals surface area contributed by atoms with E-state index in [1.54, 1.807) is 37.9 Å². The minimum absolute atomic E-state index is 0.0125. The SMILES string of the molecule is O=C(C=Cc1cccs1)N1CCN(C(=O)c2cnn3ccccc23)CC1. The molecule has 3 aromatic rings. The van der Waals surface area contributed by atoms with Crippen molar-refractivity contribution in [3.05, 3.63) is 64.6 Å². The van der Waals surface area contributed by atoms with Crippen molar-refractivity contribution in [2.45, 2.75) is 0 Å². The average Bonchev–Trinajstić information content (AvgIpc) is 3.35. The van der Waals surface area contributed by atoms with Crippen LogP contribution >= 0.6 is 11.3 Å². The fourth-order valence-corrected chi connectivity index (χ4v) is 3.66. The Hall–Kier alpha value is -2.93. The maximum atomic E-state index is 12.8. The van der Waals surface area contributed by atoms with Gasteiger partial charge in [-0.2, -0.15) is 5.10 Å². The first-order valence-corrected chi connectivity index (χ1v) is 9.32. The molecule has 132 valence electrons. The van der Waals surface area contributed by atoms with Gasteiger partial charge < -0.3 is 9.80 Å². The number of pyridine rings is 1. The molecule has 0 saturated carbocycles. The average molecular weight is 366 g/mol. The molecule has 0 aliphatic carbocycles. The molecule has 4 heterocycles. The van der Waals surface area contributed by atoms with E-state index in [4.69, 9.17) is 0 Å². The van der Waals surface area contributed by atoms with E-state index in [2.05, 4.69) is 5.10 Å². The van der Waals surface area contributed by atoms with Crippen LogP contribution in [0.3, 0.4) is 0 Å². The lowest BCUT2D eigenvalue weighted by Gasteiger charge is -2.34. The Morgan fingerprint density at radius 3 is 2.62 bits per heavy atom. The van der Waals surface area contributed by atoms with E-state index in [-0.39, 0.29) is 11.8 Å². The van der Waals surface area contributed by atoms with Gasteiger partial charge in [-0.3, -0.25) is 9.59 Å². The quantitative estimate of drug-likeness (QED) is 0.669. The third kappa shape index (κ3) is 3.25. The third-order valence-electron chi connectivity index (χ3n) is 4.47. The highest BCUT2D eigenvalue weighted by Crippen LogP contribution is 2.15. The Bertz CT molecular complexity index is 953. The lowest BCUT2D eigenvalue weighted by Crippen LogP contribution is -2.50. The summed E-state index contributed by atoms with van der Waals surface area (Å²) in [5, 5.41) is 6.20. The first kappa shape index (κ1) is 16.5. The zero-order chi connectivity index (χ0) is 17.9. The molecule has 6 nitrogen and oxygen atoms in total. The molecule has 1 fully saturated rings. The van der Waals surface area contributed by atoms with E-state index in [0.717, 1.165) is 10.4 Å².